The molecule has 1 aliphatic rings. The van der Waals surface area contributed by atoms with Crippen LogP contribution < -0.4 is 15.7 Å². The van der Waals surface area contributed by atoms with Gasteiger partial charge in [-0.1, -0.05) is 41.9 Å². The van der Waals surface area contributed by atoms with Gasteiger partial charge in [0.05, 0.1) is 30.1 Å². The number of hydrogen-bond acceptors (Lipinski definition) is 4. The SMILES string of the molecule is COc1ccc(-n2c(C(=O)N[C@H](c3ccccc3)C(F)(F)F)c3n(c2=O)CCN(C(=O)c2ccc(Br)c(Cl)c2)C3)cc1. The summed E-state index contributed by atoms with van der Waals surface area (Å²) in [4.78, 5) is 42.2. The van der Waals surface area contributed by atoms with Gasteiger partial charge in [0.25, 0.3) is 11.8 Å². The fraction of sp³-hybridized carbons (Fsp3) is 0.207. The molecule has 5 rings (SSSR count). The van der Waals surface area contributed by atoms with Crippen molar-refractivity contribution < 1.29 is 27.5 Å². The molecule has 0 spiro atoms. The third kappa shape index (κ3) is 5.68. The normalized spacial score (nSPS) is 13.8. The van der Waals surface area contributed by atoms with E-state index in [0.717, 1.165) is 4.57 Å². The molecule has 1 atom stereocenters. The van der Waals surface area contributed by atoms with Gasteiger partial charge in [-0.05, 0) is 64.0 Å². The smallest absolute Gasteiger partial charge is 0.412 e. The number of ether oxygens (including phenoxy) is 1. The molecule has 3 aromatic carbocycles. The van der Waals surface area contributed by atoms with Crippen LogP contribution in [0.25, 0.3) is 5.69 Å². The van der Waals surface area contributed by atoms with Crippen LogP contribution >= 0.6 is 27.5 Å². The minimum atomic E-state index is -4.83. The van der Waals surface area contributed by atoms with Gasteiger partial charge in [-0.3, -0.25) is 18.7 Å². The highest BCUT2D eigenvalue weighted by Crippen LogP contribution is 2.33. The molecule has 218 valence electrons. The van der Waals surface area contributed by atoms with E-state index in [2.05, 4.69) is 21.2 Å². The van der Waals surface area contributed by atoms with E-state index in [1.165, 1.54) is 59.0 Å². The maximum Gasteiger partial charge on any atom is 0.412 e. The lowest BCUT2D eigenvalue weighted by atomic mass is 10.1. The summed E-state index contributed by atoms with van der Waals surface area (Å²) in [5, 5.41) is 2.41. The summed E-state index contributed by atoms with van der Waals surface area (Å²) in [5.74, 6) is -1.05. The number of benzene rings is 3. The first-order valence-electron chi connectivity index (χ1n) is 12.6. The van der Waals surface area contributed by atoms with Crippen molar-refractivity contribution in [3.05, 3.63) is 115 Å². The number of amides is 2. The molecule has 0 bridgehead atoms. The van der Waals surface area contributed by atoms with Crippen molar-refractivity contribution in [2.24, 2.45) is 0 Å². The quantitative estimate of drug-likeness (QED) is 0.285. The first-order valence-corrected chi connectivity index (χ1v) is 13.8. The molecule has 4 aromatic rings. The van der Waals surface area contributed by atoms with Crippen LogP contribution in [0.5, 0.6) is 5.75 Å². The van der Waals surface area contributed by atoms with E-state index in [9.17, 15) is 27.6 Å². The standard InChI is InChI=1S/C29H23BrClF3N4O4/c1-42-20-10-8-19(9-11-20)38-24(26(39)35-25(29(32,33)34)17-5-3-2-4-6-17)23-16-36(13-14-37(23)28(38)41)27(40)18-7-12-21(30)22(31)15-18/h2-12,15,25H,13-14,16H2,1H3,(H,35,39)/t25-/m1/s1. The van der Waals surface area contributed by atoms with E-state index in [1.54, 1.807) is 30.3 Å². The van der Waals surface area contributed by atoms with Gasteiger partial charge in [0.2, 0.25) is 0 Å². The van der Waals surface area contributed by atoms with Crippen molar-refractivity contribution in [1.82, 2.24) is 19.4 Å². The van der Waals surface area contributed by atoms with Crippen molar-refractivity contribution in [1.29, 1.82) is 0 Å². The fourth-order valence-corrected chi connectivity index (χ4v) is 5.27. The maximum absolute atomic E-state index is 14.2. The summed E-state index contributed by atoms with van der Waals surface area (Å²) in [6.45, 7) is -0.0486. The number of halogens is 5. The van der Waals surface area contributed by atoms with Gasteiger partial charge < -0.3 is 15.0 Å². The van der Waals surface area contributed by atoms with E-state index < -0.39 is 29.7 Å². The van der Waals surface area contributed by atoms with Crippen molar-refractivity contribution in [3.8, 4) is 11.4 Å². The largest absolute Gasteiger partial charge is 0.497 e. The Morgan fingerprint density at radius 3 is 2.33 bits per heavy atom. The molecule has 0 radical (unpaired) electrons. The van der Waals surface area contributed by atoms with Gasteiger partial charge in [-0.2, -0.15) is 13.2 Å². The van der Waals surface area contributed by atoms with Crippen LogP contribution in [-0.4, -0.2) is 45.7 Å². The highest BCUT2D eigenvalue weighted by atomic mass is 79.9. The summed E-state index contributed by atoms with van der Waals surface area (Å²) in [7, 11) is 1.46. The zero-order valence-electron chi connectivity index (χ0n) is 22.0. The molecule has 1 aromatic heterocycles. The molecule has 0 saturated carbocycles. The van der Waals surface area contributed by atoms with E-state index in [4.69, 9.17) is 16.3 Å². The second kappa shape index (κ2) is 11.7. The Hall–Kier alpha value is -4.03. The van der Waals surface area contributed by atoms with E-state index >= 15 is 0 Å². The third-order valence-corrected chi connectivity index (χ3v) is 8.15. The molecular weight excluding hydrogens is 641 g/mol. The fourth-order valence-electron chi connectivity index (χ4n) is 4.85. The Balaban J connectivity index is 1.60. The number of hydrogen-bond donors (Lipinski definition) is 1. The number of rotatable bonds is 6. The monoisotopic (exact) mass is 662 g/mol. The Morgan fingerprint density at radius 1 is 1.02 bits per heavy atom. The topological polar surface area (TPSA) is 85.6 Å². The van der Waals surface area contributed by atoms with E-state index in [-0.39, 0.29) is 47.8 Å². The number of fused-ring (bicyclic) bond motifs is 1. The Labute approximate surface area is 251 Å². The Morgan fingerprint density at radius 2 is 1.71 bits per heavy atom. The first-order chi connectivity index (χ1) is 20.0. The molecule has 1 aliphatic heterocycles. The molecular formula is C29H23BrClF3N4O4. The minimum Gasteiger partial charge on any atom is -0.497 e. The number of aromatic nitrogens is 2. The molecule has 0 unspecified atom stereocenters. The minimum absolute atomic E-state index is 0.0228. The third-order valence-electron chi connectivity index (χ3n) is 6.91. The average molecular weight is 664 g/mol. The van der Waals surface area contributed by atoms with Crippen LogP contribution in [0.15, 0.2) is 82.1 Å². The molecule has 0 aliphatic carbocycles. The number of methoxy groups -OCH3 is 1. The number of carbonyl (C=O) groups is 2. The summed E-state index contributed by atoms with van der Waals surface area (Å²) >= 11 is 9.46. The second-order valence-corrected chi connectivity index (χ2v) is 10.7. The highest BCUT2D eigenvalue weighted by molar-refractivity contribution is 9.10. The van der Waals surface area contributed by atoms with Crippen LogP contribution in [0.4, 0.5) is 13.2 Å². The average Bonchev–Trinajstić information content (AvgIpc) is 3.28. The second-order valence-electron chi connectivity index (χ2n) is 9.48. The van der Waals surface area contributed by atoms with Gasteiger partial charge in [0, 0.05) is 23.1 Å². The lowest BCUT2D eigenvalue weighted by Crippen LogP contribution is -2.42. The molecule has 42 heavy (non-hydrogen) atoms. The number of nitrogens with zero attached hydrogens (tertiary/aromatic N) is 3. The Bertz CT molecular complexity index is 1710. The number of nitrogens with one attached hydrogen (secondary N) is 1. The lowest BCUT2D eigenvalue weighted by Gasteiger charge is -2.29. The van der Waals surface area contributed by atoms with Crippen LogP contribution in [-0.2, 0) is 13.1 Å². The molecule has 2 amide bonds. The van der Waals surface area contributed by atoms with Crippen molar-refractivity contribution >= 4 is 39.3 Å². The van der Waals surface area contributed by atoms with Gasteiger partial charge in [-0.15, -0.1) is 0 Å². The number of alkyl halides is 3. The van der Waals surface area contributed by atoms with Crippen molar-refractivity contribution in [2.45, 2.75) is 25.3 Å². The van der Waals surface area contributed by atoms with Crippen molar-refractivity contribution in [2.75, 3.05) is 13.7 Å². The molecule has 1 N–H and O–H groups in total. The molecule has 0 saturated heterocycles. The summed E-state index contributed by atoms with van der Waals surface area (Å²) in [6.07, 6.45) is -4.83. The zero-order chi connectivity index (χ0) is 30.2. The predicted molar refractivity (Wildman–Crippen MR) is 153 cm³/mol. The summed E-state index contributed by atoms with van der Waals surface area (Å²) in [6, 6.07) is 15.5. The predicted octanol–water partition coefficient (Wildman–Crippen LogP) is 5.75. The molecule has 8 nitrogen and oxygen atoms in total. The summed E-state index contributed by atoms with van der Waals surface area (Å²) in [5.41, 5.74) is -0.475. The molecule has 0 fully saturated rings. The Kier molecular flexibility index (Phi) is 8.20. The van der Waals surface area contributed by atoms with Crippen molar-refractivity contribution in [3.63, 3.8) is 0 Å². The van der Waals surface area contributed by atoms with E-state index in [0.29, 0.717) is 15.2 Å². The molecule has 2 heterocycles. The summed E-state index contributed by atoms with van der Waals surface area (Å²) < 4.78 is 50.7. The molecule has 13 heteroatoms. The zero-order valence-corrected chi connectivity index (χ0v) is 24.3. The maximum atomic E-state index is 14.2. The van der Waals surface area contributed by atoms with Gasteiger partial charge in [-0.25, -0.2) is 4.79 Å². The van der Waals surface area contributed by atoms with Gasteiger partial charge >= 0.3 is 11.9 Å². The first kappa shape index (κ1) is 29.5. The van der Waals surface area contributed by atoms with Gasteiger partial charge in [0.1, 0.15) is 11.4 Å². The van der Waals surface area contributed by atoms with Crippen LogP contribution in [0.1, 0.15) is 38.1 Å². The van der Waals surface area contributed by atoms with Crippen LogP contribution in [0.2, 0.25) is 5.02 Å². The number of imidazole rings is 1. The van der Waals surface area contributed by atoms with Gasteiger partial charge in [0.15, 0.2) is 6.04 Å². The van der Waals surface area contributed by atoms with E-state index in [1.807, 2.05) is 0 Å². The van der Waals surface area contributed by atoms with Crippen LogP contribution in [0, 0.1) is 0 Å². The lowest BCUT2D eigenvalue weighted by molar-refractivity contribution is -0.155. The number of carbonyl (C=O) groups excluding carboxylic acids is 2. The van der Waals surface area contributed by atoms with Crippen LogP contribution in [0.3, 0.4) is 0 Å². The highest BCUT2D eigenvalue weighted by Gasteiger charge is 2.43.